The molecule has 0 saturated carbocycles. The highest BCUT2D eigenvalue weighted by molar-refractivity contribution is 7.99. The van der Waals surface area contributed by atoms with Gasteiger partial charge in [-0.25, -0.2) is 0 Å². The topological polar surface area (TPSA) is 66.2 Å². The van der Waals surface area contributed by atoms with Crippen LogP contribution in [0.2, 0.25) is 0 Å². The van der Waals surface area contributed by atoms with Gasteiger partial charge in [-0.15, -0.1) is 10.2 Å². The Kier molecular flexibility index (Phi) is 6.66. The number of aromatic nitrogens is 3. The summed E-state index contributed by atoms with van der Waals surface area (Å²) >= 11 is 1.30. The van der Waals surface area contributed by atoms with Gasteiger partial charge in [-0.1, -0.05) is 30.8 Å². The molecule has 0 aliphatic heterocycles. The van der Waals surface area contributed by atoms with Gasteiger partial charge >= 0.3 is 5.97 Å². The summed E-state index contributed by atoms with van der Waals surface area (Å²) in [5.74, 6) is 1.46. The molecule has 0 saturated heterocycles. The maximum Gasteiger partial charge on any atom is 0.316 e. The highest BCUT2D eigenvalue weighted by Gasteiger charge is 2.18. The Balaban J connectivity index is 1.99. The molecule has 0 aliphatic carbocycles. The average molecular weight is 349 g/mol. The Hall–Kier alpha value is -2.02. The molecule has 1 aromatic carbocycles. The van der Waals surface area contributed by atoms with Crippen molar-refractivity contribution in [3.05, 3.63) is 35.7 Å². The van der Waals surface area contributed by atoms with Crippen LogP contribution in [0.15, 0.2) is 29.4 Å². The third-order valence-corrected chi connectivity index (χ3v) is 4.49. The Morgan fingerprint density at radius 1 is 1.25 bits per heavy atom. The van der Waals surface area contributed by atoms with Gasteiger partial charge in [-0.05, 0) is 38.0 Å². The second-order valence-corrected chi connectivity index (χ2v) is 6.19. The average Bonchev–Trinajstić information content (AvgIpc) is 2.95. The monoisotopic (exact) mass is 349 g/mol. The summed E-state index contributed by atoms with van der Waals surface area (Å²) in [6, 6.07) is 8.03. The van der Waals surface area contributed by atoms with Crippen LogP contribution in [-0.2, 0) is 23.0 Å². The molecule has 0 aliphatic rings. The molecule has 24 heavy (non-hydrogen) atoms. The van der Waals surface area contributed by atoms with E-state index in [2.05, 4.69) is 29.3 Å². The number of hydrogen-bond donors (Lipinski definition) is 0. The van der Waals surface area contributed by atoms with Gasteiger partial charge in [0.25, 0.3) is 0 Å². The van der Waals surface area contributed by atoms with E-state index in [9.17, 15) is 4.79 Å². The highest BCUT2D eigenvalue weighted by Crippen LogP contribution is 2.24. The predicted molar refractivity (Wildman–Crippen MR) is 93.2 cm³/mol. The molecule has 0 spiro atoms. The van der Waals surface area contributed by atoms with Gasteiger partial charge in [0.05, 0.1) is 12.4 Å². The van der Waals surface area contributed by atoms with Crippen LogP contribution < -0.4 is 4.74 Å². The summed E-state index contributed by atoms with van der Waals surface area (Å²) in [7, 11) is 1.86. The fourth-order valence-corrected chi connectivity index (χ4v) is 2.91. The molecular formula is C17H23N3O3S. The molecule has 2 rings (SSSR count). The lowest BCUT2D eigenvalue weighted by Crippen LogP contribution is -2.11. The molecule has 1 unspecified atom stereocenters. The normalized spacial score (nSPS) is 12.0. The first-order valence-corrected chi connectivity index (χ1v) is 8.97. The van der Waals surface area contributed by atoms with Crippen molar-refractivity contribution < 1.29 is 14.3 Å². The first kappa shape index (κ1) is 18.3. The van der Waals surface area contributed by atoms with Gasteiger partial charge in [-0.3, -0.25) is 4.79 Å². The Bertz CT molecular complexity index is 670. The van der Waals surface area contributed by atoms with Crippen molar-refractivity contribution in [1.29, 1.82) is 0 Å². The van der Waals surface area contributed by atoms with Crippen LogP contribution in [0.3, 0.4) is 0 Å². The quantitative estimate of drug-likeness (QED) is 0.539. The SMILES string of the molecule is CCOC(=O)CSc1nnc(C(C)Oc2ccc(CC)cc2)n1C. The summed E-state index contributed by atoms with van der Waals surface area (Å²) in [5.41, 5.74) is 1.27. The second kappa shape index (κ2) is 8.73. The summed E-state index contributed by atoms with van der Waals surface area (Å²) in [5, 5.41) is 8.97. The molecule has 130 valence electrons. The van der Waals surface area contributed by atoms with Crippen molar-refractivity contribution in [3.63, 3.8) is 0 Å². The standard InChI is InChI=1S/C17H23N3O3S/c1-5-13-7-9-14(10-8-13)23-12(3)16-18-19-17(20(16)4)24-11-15(21)22-6-2/h7-10,12H,5-6,11H2,1-4H3. The first-order chi connectivity index (χ1) is 11.5. The zero-order chi connectivity index (χ0) is 17.5. The number of carbonyl (C=O) groups excluding carboxylic acids is 1. The smallest absolute Gasteiger partial charge is 0.316 e. The van der Waals surface area contributed by atoms with E-state index in [-0.39, 0.29) is 17.8 Å². The molecule has 7 heteroatoms. The molecule has 0 N–H and O–H groups in total. The maximum absolute atomic E-state index is 11.4. The fraction of sp³-hybridized carbons (Fsp3) is 0.471. The number of esters is 1. The van der Waals surface area contributed by atoms with Gasteiger partial charge in [0, 0.05) is 7.05 Å². The van der Waals surface area contributed by atoms with Crippen LogP contribution in [0.1, 0.15) is 38.3 Å². The van der Waals surface area contributed by atoms with Crippen LogP contribution >= 0.6 is 11.8 Å². The molecule has 2 aromatic rings. The zero-order valence-corrected chi connectivity index (χ0v) is 15.3. The van der Waals surface area contributed by atoms with Crippen LogP contribution in [0.25, 0.3) is 0 Å². The number of ether oxygens (including phenoxy) is 2. The largest absolute Gasteiger partial charge is 0.483 e. The third kappa shape index (κ3) is 4.74. The fourth-order valence-electron chi connectivity index (χ4n) is 2.19. The number of nitrogens with zero attached hydrogens (tertiary/aromatic N) is 3. The summed E-state index contributed by atoms with van der Waals surface area (Å²) in [4.78, 5) is 11.4. The van der Waals surface area contributed by atoms with E-state index < -0.39 is 0 Å². The van der Waals surface area contributed by atoms with Crippen LogP contribution in [0.5, 0.6) is 5.75 Å². The lowest BCUT2D eigenvalue weighted by atomic mass is 10.2. The van der Waals surface area contributed by atoms with Gasteiger partial charge in [0.2, 0.25) is 0 Å². The Morgan fingerprint density at radius 3 is 2.58 bits per heavy atom. The van der Waals surface area contributed by atoms with Crippen molar-refractivity contribution in [3.8, 4) is 5.75 Å². The van der Waals surface area contributed by atoms with Crippen LogP contribution in [0.4, 0.5) is 0 Å². The minimum Gasteiger partial charge on any atom is -0.483 e. The van der Waals surface area contributed by atoms with Gasteiger partial charge in [0.15, 0.2) is 17.1 Å². The maximum atomic E-state index is 11.4. The number of thioether (sulfide) groups is 1. The van der Waals surface area contributed by atoms with Crippen molar-refractivity contribution in [2.24, 2.45) is 7.05 Å². The predicted octanol–water partition coefficient (Wildman–Crippen LogP) is 3.17. The zero-order valence-electron chi connectivity index (χ0n) is 14.5. The first-order valence-electron chi connectivity index (χ1n) is 7.98. The summed E-state index contributed by atoms with van der Waals surface area (Å²) in [6.07, 6.45) is 0.757. The number of carbonyl (C=O) groups is 1. The van der Waals surface area contributed by atoms with E-state index >= 15 is 0 Å². The van der Waals surface area contributed by atoms with Crippen molar-refractivity contribution in [2.75, 3.05) is 12.4 Å². The number of benzene rings is 1. The molecule has 1 heterocycles. The van der Waals surface area contributed by atoms with E-state index in [1.807, 2.05) is 30.7 Å². The second-order valence-electron chi connectivity index (χ2n) is 5.25. The van der Waals surface area contributed by atoms with Crippen molar-refractivity contribution in [1.82, 2.24) is 14.8 Å². The van der Waals surface area contributed by atoms with Crippen molar-refractivity contribution >= 4 is 17.7 Å². The highest BCUT2D eigenvalue weighted by atomic mass is 32.2. The molecular weight excluding hydrogens is 326 g/mol. The number of aryl methyl sites for hydroxylation is 1. The van der Waals surface area contributed by atoms with E-state index in [0.717, 1.165) is 12.2 Å². The lowest BCUT2D eigenvalue weighted by molar-refractivity contribution is -0.139. The molecule has 0 bridgehead atoms. The molecule has 1 aromatic heterocycles. The van der Waals surface area contributed by atoms with E-state index in [1.165, 1.54) is 17.3 Å². The minimum atomic E-state index is -0.257. The minimum absolute atomic E-state index is 0.216. The molecule has 1 atom stereocenters. The Morgan fingerprint density at radius 2 is 1.96 bits per heavy atom. The number of rotatable bonds is 8. The van der Waals surface area contributed by atoms with E-state index in [0.29, 0.717) is 17.6 Å². The van der Waals surface area contributed by atoms with Crippen LogP contribution in [-0.4, -0.2) is 33.1 Å². The summed E-state index contributed by atoms with van der Waals surface area (Å²) in [6.45, 7) is 6.21. The Labute approximate surface area is 146 Å². The molecule has 0 radical (unpaired) electrons. The molecule has 0 amide bonds. The van der Waals surface area contributed by atoms with Gasteiger partial charge in [0.1, 0.15) is 5.75 Å². The van der Waals surface area contributed by atoms with Gasteiger partial charge in [-0.2, -0.15) is 0 Å². The molecule has 6 nitrogen and oxygen atoms in total. The van der Waals surface area contributed by atoms with Crippen LogP contribution in [0, 0.1) is 0 Å². The van der Waals surface area contributed by atoms with E-state index in [4.69, 9.17) is 9.47 Å². The lowest BCUT2D eigenvalue weighted by Gasteiger charge is -2.14. The molecule has 0 fully saturated rings. The summed E-state index contributed by atoms with van der Waals surface area (Å²) < 4.78 is 12.7. The third-order valence-electron chi connectivity index (χ3n) is 3.50. The van der Waals surface area contributed by atoms with Gasteiger partial charge < -0.3 is 14.0 Å². The number of hydrogen-bond acceptors (Lipinski definition) is 6. The van der Waals surface area contributed by atoms with Crippen molar-refractivity contribution in [2.45, 2.75) is 38.5 Å². The van der Waals surface area contributed by atoms with E-state index in [1.54, 1.807) is 6.92 Å².